The third-order valence-corrected chi connectivity index (χ3v) is 5.98. The molecule has 0 aromatic carbocycles. The van der Waals surface area contributed by atoms with Gasteiger partial charge in [-0.1, -0.05) is 30.8 Å². The largest absolute Gasteiger partial charge is 0.409 e. The second-order valence-electron chi connectivity index (χ2n) is 5.91. The summed E-state index contributed by atoms with van der Waals surface area (Å²) < 4.78 is 0. The van der Waals surface area contributed by atoms with Gasteiger partial charge >= 0.3 is 0 Å². The van der Waals surface area contributed by atoms with Crippen molar-refractivity contribution in [1.82, 2.24) is 5.32 Å². The number of rotatable bonds is 4. The van der Waals surface area contributed by atoms with E-state index in [2.05, 4.69) is 16.7 Å². The molecular formula is C14H25N3O2S. The molecule has 2 atom stereocenters. The van der Waals surface area contributed by atoms with Gasteiger partial charge < -0.3 is 16.3 Å². The minimum absolute atomic E-state index is 0.0431. The van der Waals surface area contributed by atoms with Crippen LogP contribution in [-0.2, 0) is 4.79 Å². The van der Waals surface area contributed by atoms with Crippen LogP contribution in [0.5, 0.6) is 0 Å². The first kappa shape index (κ1) is 15.5. The zero-order valence-electron chi connectivity index (χ0n) is 12.1. The molecule has 2 unspecified atom stereocenters. The second kappa shape index (κ2) is 6.70. The second-order valence-corrected chi connectivity index (χ2v) is 6.99. The van der Waals surface area contributed by atoms with Crippen molar-refractivity contribution in [2.24, 2.45) is 16.3 Å². The molecule has 1 amide bonds. The van der Waals surface area contributed by atoms with Crippen LogP contribution in [0.4, 0.5) is 0 Å². The summed E-state index contributed by atoms with van der Waals surface area (Å²) in [5.74, 6) is 0.0341. The average Bonchev–Trinajstić information content (AvgIpc) is 2.94. The maximum atomic E-state index is 12.7. The van der Waals surface area contributed by atoms with Gasteiger partial charge in [0.2, 0.25) is 5.91 Å². The van der Waals surface area contributed by atoms with Crippen molar-refractivity contribution >= 4 is 23.5 Å². The Hall–Kier alpha value is -0.910. The Bertz CT molecular complexity index is 381. The summed E-state index contributed by atoms with van der Waals surface area (Å²) in [5.41, 5.74) is 5.07. The number of amides is 1. The molecular weight excluding hydrogens is 274 g/mol. The van der Waals surface area contributed by atoms with E-state index < -0.39 is 5.41 Å². The number of carbonyl (C=O) groups is 1. The number of nitrogens with zero attached hydrogens (tertiary/aromatic N) is 1. The van der Waals surface area contributed by atoms with Crippen molar-refractivity contribution in [2.45, 2.75) is 62.7 Å². The molecule has 114 valence electrons. The van der Waals surface area contributed by atoms with E-state index in [1.807, 2.05) is 11.8 Å². The number of hydrogen-bond donors (Lipinski definition) is 3. The van der Waals surface area contributed by atoms with Gasteiger partial charge in [0, 0.05) is 11.3 Å². The summed E-state index contributed by atoms with van der Waals surface area (Å²) >= 11 is 1.82. The van der Waals surface area contributed by atoms with E-state index in [1.54, 1.807) is 0 Å². The Kier molecular flexibility index (Phi) is 5.18. The van der Waals surface area contributed by atoms with E-state index in [1.165, 1.54) is 0 Å². The molecule has 2 aliphatic carbocycles. The topological polar surface area (TPSA) is 87.7 Å². The predicted molar refractivity (Wildman–Crippen MR) is 82.0 cm³/mol. The highest BCUT2D eigenvalue weighted by Gasteiger charge is 2.45. The summed E-state index contributed by atoms with van der Waals surface area (Å²) in [6.07, 6.45) is 9.84. The average molecular weight is 299 g/mol. The van der Waals surface area contributed by atoms with Crippen LogP contribution in [0.25, 0.3) is 0 Å². The van der Waals surface area contributed by atoms with Crippen LogP contribution in [0.2, 0.25) is 0 Å². The predicted octanol–water partition coefficient (Wildman–Crippen LogP) is 2.08. The lowest BCUT2D eigenvalue weighted by Gasteiger charge is -2.36. The summed E-state index contributed by atoms with van der Waals surface area (Å²) in [6.45, 7) is 0. The number of nitrogens with two attached hydrogens (primary N) is 1. The molecule has 5 nitrogen and oxygen atoms in total. The lowest BCUT2D eigenvalue weighted by Crippen LogP contribution is -2.54. The van der Waals surface area contributed by atoms with Crippen LogP contribution in [-0.4, -0.2) is 34.5 Å². The zero-order chi connectivity index (χ0) is 14.6. The minimum Gasteiger partial charge on any atom is -0.409 e. The minimum atomic E-state index is -0.793. The number of amidine groups is 1. The van der Waals surface area contributed by atoms with Crippen molar-refractivity contribution in [3.05, 3.63) is 0 Å². The third-order valence-electron chi connectivity index (χ3n) is 4.81. The van der Waals surface area contributed by atoms with Crippen molar-refractivity contribution in [3.8, 4) is 0 Å². The van der Waals surface area contributed by atoms with Gasteiger partial charge in [-0.25, -0.2) is 0 Å². The quantitative estimate of drug-likeness (QED) is 0.321. The van der Waals surface area contributed by atoms with E-state index in [9.17, 15) is 4.79 Å². The maximum absolute atomic E-state index is 12.7. The van der Waals surface area contributed by atoms with Crippen LogP contribution in [0.1, 0.15) is 51.4 Å². The molecule has 0 bridgehead atoms. The first-order chi connectivity index (χ1) is 9.64. The van der Waals surface area contributed by atoms with Gasteiger partial charge in [0.15, 0.2) is 5.84 Å². The van der Waals surface area contributed by atoms with Crippen molar-refractivity contribution in [3.63, 3.8) is 0 Å². The highest BCUT2D eigenvalue weighted by atomic mass is 32.2. The number of nitrogens with one attached hydrogen (secondary N) is 1. The molecule has 2 fully saturated rings. The van der Waals surface area contributed by atoms with Crippen LogP contribution in [0.15, 0.2) is 5.16 Å². The van der Waals surface area contributed by atoms with Gasteiger partial charge in [0.05, 0.1) is 0 Å². The fourth-order valence-corrected chi connectivity index (χ4v) is 4.47. The van der Waals surface area contributed by atoms with E-state index in [-0.39, 0.29) is 17.8 Å². The Labute approximate surface area is 124 Å². The molecule has 0 aliphatic heterocycles. The fraction of sp³-hybridized carbons (Fsp3) is 0.857. The number of hydrogen-bond acceptors (Lipinski definition) is 4. The number of carbonyl (C=O) groups excluding carboxylic acids is 1. The van der Waals surface area contributed by atoms with Gasteiger partial charge in [-0.15, -0.1) is 0 Å². The Morgan fingerprint density at radius 3 is 2.60 bits per heavy atom. The van der Waals surface area contributed by atoms with E-state index >= 15 is 0 Å². The number of thioether (sulfide) groups is 1. The van der Waals surface area contributed by atoms with Gasteiger partial charge in [0.1, 0.15) is 5.41 Å². The van der Waals surface area contributed by atoms with Crippen LogP contribution < -0.4 is 11.1 Å². The molecule has 4 N–H and O–H groups in total. The van der Waals surface area contributed by atoms with Crippen LogP contribution in [0.3, 0.4) is 0 Å². The molecule has 0 aromatic heterocycles. The van der Waals surface area contributed by atoms with Crippen LogP contribution >= 0.6 is 11.8 Å². The normalized spacial score (nSPS) is 30.1. The lowest BCUT2D eigenvalue weighted by molar-refractivity contribution is -0.129. The molecule has 0 heterocycles. The SMILES string of the molecule is CSC1CCCC1NC(=O)C1(C(N)=NO)CCCCC1. The molecule has 0 aromatic rings. The Balaban J connectivity index is 2.11. The van der Waals surface area contributed by atoms with E-state index in [4.69, 9.17) is 10.9 Å². The van der Waals surface area contributed by atoms with Crippen molar-refractivity contribution in [1.29, 1.82) is 0 Å². The molecule has 2 saturated carbocycles. The number of oxime groups is 1. The Morgan fingerprint density at radius 2 is 2.00 bits per heavy atom. The summed E-state index contributed by atoms with van der Waals surface area (Å²) in [7, 11) is 0. The smallest absolute Gasteiger partial charge is 0.234 e. The lowest BCUT2D eigenvalue weighted by atomic mass is 9.72. The van der Waals surface area contributed by atoms with Crippen LogP contribution in [0, 0.1) is 5.41 Å². The summed E-state index contributed by atoms with van der Waals surface area (Å²) in [4.78, 5) is 12.7. The zero-order valence-corrected chi connectivity index (χ0v) is 12.9. The molecule has 20 heavy (non-hydrogen) atoms. The first-order valence-corrected chi connectivity index (χ1v) is 8.74. The van der Waals surface area contributed by atoms with E-state index in [0.29, 0.717) is 18.1 Å². The molecule has 0 radical (unpaired) electrons. The summed E-state index contributed by atoms with van der Waals surface area (Å²) in [6, 6.07) is 0.225. The molecule has 0 spiro atoms. The fourth-order valence-electron chi connectivity index (χ4n) is 3.53. The van der Waals surface area contributed by atoms with Crippen molar-refractivity contribution in [2.75, 3.05) is 6.26 Å². The summed E-state index contributed by atoms with van der Waals surface area (Å²) in [5, 5.41) is 15.9. The highest BCUT2D eigenvalue weighted by molar-refractivity contribution is 7.99. The molecule has 0 saturated heterocycles. The van der Waals surface area contributed by atoms with Gasteiger partial charge in [-0.05, 0) is 31.9 Å². The third kappa shape index (κ3) is 2.90. The van der Waals surface area contributed by atoms with Crippen molar-refractivity contribution < 1.29 is 10.0 Å². The van der Waals surface area contributed by atoms with Gasteiger partial charge in [-0.3, -0.25) is 4.79 Å². The molecule has 6 heteroatoms. The van der Waals surface area contributed by atoms with Gasteiger partial charge in [0.25, 0.3) is 0 Å². The van der Waals surface area contributed by atoms with E-state index in [0.717, 1.165) is 38.5 Å². The molecule has 2 rings (SSSR count). The molecule has 2 aliphatic rings. The monoisotopic (exact) mass is 299 g/mol. The Morgan fingerprint density at radius 1 is 1.30 bits per heavy atom. The first-order valence-electron chi connectivity index (χ1n) is 7.46. The maximum Gasteiger partial charge on any atom is 0.234 e. The highest BCUT2D eigenvalue weighted by Crippen LogP contribution is 2.38. The van der Waals surface area contributed by atoms with Gasteiger partial charge in [-0.2, -0.15) is 11.8 Å². The standard InChI is InChI=1S/C14H25N3O2S/c1-20-11-7-5-6-10(11)16-13(18)14(12(15)17-19)8-3-2-4-9-14/h10-11,19H,2-9H2,1H3,(H2,15,17)(H,16,18).